The van der Waals surface area contributed by atoms with Gasteiger partial charge in [0.2, 0.25) is 0 Å². The fourth-order valence-electron chi connectivity index (χ4n) is 4.44. The number of aromatic nitrogens is 1. The van der Waals surface area contributed by atoms with Crippen LogP contribution in [-0.4, -0.2) is 43.8 Å². The van der Waals surface area contributed by atoms with Crippen LogP contribution in [0.1, 0.15) is 51.5 Å². The summed E-state index contributed by atoms with van der Waals surface area (Å²) in [6.07, 6.45) is 6.79. The number of halogens is 1. The lowest BCUT2D eigenvalue weighted by atomic mass is 10.2. The summed E-state index contributed by atoms with van der Waals surface area (Å²) in [4.78, 5) is 5.73. The van der Waals surface area contributed by atoms with Crippen LogP contribution in [0, 0.1) is 0 Å². The highest BCUT2D eigenvalue weighted by atomic mass is 32.1. The molecule has 3 aromatic rings. The van der Waals surface area contributed by atoms with E-state index in [0.717, 1.165) is 30.9 Å². The van der Waals surface area contributed by atoms with Gasteiger partial charge in [-0.2, -0.15) is 0 Å². The highest BCUT2D eigenvalue weighted by molar-refractivity contribution is 7.24. The lowest BCUT2D eigenvalue weighted by Gasteiger charge is -2.35. The molecule has 3 rings (SSSR count). The zero-order valence-electron chi connectivity index (χ0n) is 21.4. The van der Waals surface area contributed by atoms with Gasteiger partial charge in [-0.15, -0.1) is 22.7 Å². The molecule has 184 valence electrons. The van der Waals surface area contributed by atoms with Crippen molar-refractivity contribution in [2.45, 2.75) is 47.6 Å². The average molecular weight is 502 g/mol. The SMILES string of the molecule is CCN(CC)c1ccc(-c2ccc(/C=C(\F)c3cc[n+](CCC[N+](CC)(CC)CC)cc3)s2)s1. The van der Waals surface area contributed by atoms with E-state index in [9.17, 15) is 4.39 Å². The molecule has 3 aromatic heterocycles. The van der Waals surface area contributed by atoms with Crippen molar-refractivity contribution in [1.82, 2.24) is 0 Å². The average Bonchev–Trinajstić information content (AvgIpc) is 3.53. The molecule has 3 heterocycles. The number of nitrogens with zero attached hydrogens (tertiary/aromatic N) is 3. The Morgan fingerprint density at radius 3 is 2.12 bits per heavy atom. The van der Waals surface area contributed by atoms with Gasteiger partial charge in [0.25, 0.3) is 0 Å². The van der Waals surface area contributed by atoms with Crippen LogP contribution in [0.5, 0.6) is 0 Å². The lowest BCUT2D eigenvalue weighted by Crippen LogP contribution is -2.49. The first-order chi connectivity index (χ1) is 16.5. The van der Waals surface area contributed by atoms with E-state index in [1.54, 1.807) is 28.7 Å². The molecule has 3 nitrogen and oxygen atoms in total. The Kier molecular flexibility index (Phi) is 9.86. The van der Waals surface area contributed by atoms with Gasteiger partial charge in [0.05, 0.1) is 37.6 Å². The maximum absolute atomic E-state index is 15.0. The van der Waals surface area contributed by atoms with E-state index >= 15 is 0 Å². The molecule has 0 atom stereocenters. The predicted octanol–water partition coefficient (Wildman–Crippen LogP) is 7.34. The first-order valence-electron chi connectivity index (χ1n) is 12.6. The van der Waals surface area contributed by atoms with Crippen LogP contribution in [0.25, 0.3) is 21.7 Å². The van der Waals surface area contributed by atoms with Gasteiger partial charge in [-0.1, -0.05) is 0 Å². The Labute approximate surface area is 213 Å². The highest BCUT2D eigenvalue weighted by Crippen LogP contribution is 2.38. The van der Waals surface area contributed by atoms with Gasteiger partial charge in [-0.05, 0) is 65.0 Å². The van der Waals surface area contributed by atoms with E-state index < -0.39 is 0 Å². The predicted molar refractivity (Wildman–Crippen MR) is 148 cm³/mol. The Morgan fingerprint density at radius 1 is 0.882 bits per heavy atom. The Morgan fingerprint density at radius 2 is 1.50 bits per heavy atom. The fraction of sp³-hybridized carbons (Fsp3) is 0.464. The summed E-state index contributed by atoms with van der Waals surface area (Å²) >= 11 is 3.44. The molecule has 6 heteroatoms. The second-order valence-corrected chi connectivity index (χ2v) is 10.9. The fourth-order valence-corrected chi connectivity index (χ4v) is 6.60. The number of aryl methyl sites for hydroxylation is 1. The molecule has 0 spiro atoms. The molecular formula is C28H40FN3S2+2. The summed E-state index contributed by atoms with van der Waals surface area (Å²) in [5.41, 5.74) is 0.631. The Hall–Kier alpha value is -2.02. The second-order valence-electron chi connectivity index (χ2n) is 8.70. The Balaban J connectivity index is 1.62. The van der Waals surface area contributed by atoms with E-state index in [1.807, 2.05) is 30.6 Å². The van der Waals surface area contributed by atoms with Crippen molar-refractivity contribution >= 4 is 39.6 Å². The van der Waals surface area contributed by atoms with E-state index in [-0.39, 0.29) is 5.83 Å². The van der Waals surface area contributed by atoms with Crippen LogP contribution in [0.15, 0.2) is 48.8 Å². The van der Waals surface area contributed by atoms with Crippen LogP contribution < -0.4 is 9.47 Å². The molecule has 34 heavy (non-hydrogen) atoms. The smallest absolute Gasteiger partial charge is 0.169 e. The van der Waals surface area contributed by atoms with Gasteiger partial charge in [0.15, 0.2) is 18.9 Å². The van der Waals surface area contributed by atoms with Crippen LogP contribution in [-0.2, 0) is 6.54 Å². The minimum atomic E-state index is -0.186. The molecular weight excluding hydrogens is 461 g/mol. The Bertz CT molecular complexity index is 1040. The van der Waals surface area contributed by atoms with Gasteiger partial charge in [-0.25, -0.2) is 8.96 Å². The summed E-state index contributed by atoms with van der Waals surface area (Å²) in [5, 5.41) is 1.29. The van der Waals surface area contributed by atoms with Crippen LogP contribution in [0.2, 0.25) is 0 Å². The van der Waals surface area contributed by atoms with Crippen LogP contribution in [0.4, 0.5) is 9.39 Å². The van der Waals surface area contributed by atoms with E-state index in [2.05, 4.69) is 62.3 Å². The number of hydrogen-bond donors (Lipinski definition) is 0. The molecule has 0 saturated carbocycles. The van der Waals surface area contributed by atoms with Crippen molar-refractivity contribution in [3.63, 3.8) is 0 Å². The molecule has 0 bridgehead atoms. The maximum Gasteiger partial charge on any atom is 0.169 e. The van der Waals surface area contributed by atoms with Gasteiger partial charge >= 0.3 is 0 Å². The van der Waals surface area contributed by atoms with Crippen molar-refractivity contribution in [1.29, 1.82) is 0 Å². The molecule has 0 saturated heterocycles. The first-order valence-corrected chi connectivity index (χ1v) is 14.3. The number of anilines is 1. The molecule has 0 aliphatic carbocycles. The van der Waals surface area contributed by atoms with Crippen molar-refractivity contribution < 1.29 is 13.4 Å². The summed E-state index contributed by atoms with van der Waals surface area (Å²) in [6, 6.07) is 12.2. The van der Waals surface area contributed by atoms with Crippen LogP contribution >= 0.6 is 22.7 Å². The largest absolute Gasteiger partial charge is 0.364 e. The monoisotopic (exact) mass is 501 g/mol. The van der Waals surface area contributed by atoms with Crippen molar-refractivity contribution in [3.05, 3.63) is 59.2 Å². The summed E-state index contributed by atoms with van der Waals surface area (Å²) < 4.78 is 18.3. The first kappa shape index (κ1) is 26.6. The van der Waals surface area contributed by atoms with Gasteiger partial charge in [0.1, 0.15) is 5.83 Å². The second kappa shape index (κ2) is 12.6. The highest BCUT2D eigenvalue weighted by Gasteiger charge is 2.20. The van der Waals surface area contributed by atoms with Gasteiger partial charge in [0, 0.05) is 45.4 Å². The standard InChI is InChI=1S/C28H40FN3S2/c1-6-31(7-2)28-15-14-27(34-28)26-13-12-24(33-26)22-25(29)23-16-19-30(20-17-23)18-11-21-32(8-3,9-4)10-5/h12-17,19-20,22H,6-11,18,21H2,1-5H3/q+2. The molecule has 0 amide bonds. The minimum Gasteiger partial charge on any atom is -0.364 e. The van der Waals surface area contributed by atoms with E-state index in [1.165, 1.54) is 45.4 Å². The third-order valence-corrected chi connectivity index (χ3v) is 9.41. The zero-order chi connectivity index (χ0) is 24.6. The van der Waals surface area contributed by atoms with Gasteiger partial charge < -0.3 is 9.38 Å². The number of hydrogen-bond acceptors (Lipinski definition) is 3. The summed E-state index contributed by atoms with van der Waals surface area (Å²) in [6.45, 7) is 18.9. The molecule has 0 aromatic carbocycles. The molecule has 0 aliphatic rings. The lowest BCUT2D eigenvalue weighted by molar-refractivity contribution is -0.925. The number of thiophene rings is 2. The topological polar surface area (TPSA) is 7.12 Å². The molecule has 0 radical (unpaired) electrons. The van der Waals surface area contributed by atoms with E-state index in [0.29, 0.717) is 5.56 Å². The quantitative estimate of drug-likeness (QED) is 0.175. The third-order valence-electron chi connectivity index (χ3n) is 7.03. The number of pyridine rings is 1. The van der Waals surface area contributed by atoms with Crippen LogP contribution in [0.3, 0.4) is 0 Å². The summed E-state index contributed by atoms with van der Waals surface area (Å²) in [7, 11) is 0. The van der Waals surface area contributed by atoms with Crippen molar-refractivity contribution in [2.24, 2.45) is 0 Å². The molecule has 0 N–H and O–H groups in total. The zero-order valence-corrected chi connectivity index (χ0v) is 23.0. The third kappa shape index (κ3) is 6.55. The number of rotatable bonds is 13. The summed E-state index contributed by atoms with van der Waals surface area (Å²) in [5.74, 6) is -0.186. The molecule has 0 unspecified atom stereocenters. The normalized spacial score (nSPS) is 12.4. The molecule has 0 fully saturated rings. The van der Waals surface area contributed by atoms with Crippen molar-refractivity contribution in [2.75, 3.05) is 44.2 Å². The van der Waals surface area contributed by atoms with Crippen molar-refractivity contribution in [3.8, 4) is 9.75 Å². The molecule has 0 aliphatic heterocycles. The number of quaternary nitrogens is 1. The minimum absolute atomic E-state index is 0.186. The maximum atomic E-state index is 15.0. The van der Waals surface area contributed by atoms with Gasteiger partial charge in [-0.3, -0.25) is 0 Å². The van der Waals surface area contributed by atoms with E-state index in [4.69, 9.17) is 0 Å².